The van der Waals surface area contributed by atoms with E-state index in [-0.39, 0.29) is 16.1 Å². The maximum absolute atomic E-state index is 13.4. The molecule has 0 atom stereocenters. The van der Waals surface area contributed by atoms with Gasteiger partial charge in [-0.05, 0) is 43.2 Å². The molecule has 0 heterocycles. The zero-order valence-corrected chi connectivity index (χ0v) is 12.0. The maximum Gasteiger partial charge on any atom is 0.261 e. The fourth-order valence-electron chi connectivity index (χ4n) is 1.81. The predicted molar refractivity (Wildman–Crippen MR) is 77.5 cm³/mol. The van der Waals surface area contributed by atoms with Crippen molar-refractivity contribution >= 4 is 21.4 Å². The molecule has 0 amide bonds. The van der Waals surface area contributed by atoms with Gasteiger partial charge >= 0.3 is 0 Å². The van der Waals surface area contributed by atoms with Crippen molar-refractivity contribution in [2.75, 3.05) is 10.5 Å². The normalized spacial score (nSPS) is 11.3. The molecule has 3 N–H and O–H groups in total. The van der Waals surface area contributed by atoms with Gasteiger partial charge in [-0.15, -0.1) is 0 Å². The first-order valence-corrected chi connectivity index (χ1v) is 7.43. The van der Waals surface area contributed by atoms with Crippen molar-refractivity contribution in [3.8, 4) is 0 Å². The van der Waals surface area contributed by atoms with Gasteiger partial charge in [0.05, 0.1) is 16.3 Å². The minimum absolute atomic E-state index is 0.0582. The van der Waals surface area contributed by atoms with Gasteiger partial charge in [-0.25, -0.2) is 12.8 Å². The van der Waals surface area contributed by atoms with Gasteiger partial charge in [-0.3, -0.25) is 4.72 Å². The van der Waals surface area contributed by atoms with Crippen molar-refractivity contribution in [1.29, 1.82) is 0 Å². The number of hydrogen-bond donors (Lipinski definition) is 2. The summed E-state index contributed by atoms with van der Waals surface area (Å²) in [6, 6.07) is 9.37. The van der Waals surface area contributed by atoms with E-state index in [2.05, 4.69) is 4.72 Å². The summed E-state index contributed by atoms with van der Waals surface area (Å²) in [5.74, 6) is -0.597. The number of nitrogens with one attached hydrogen (secondary N) is 1. The Morgan fingerprint density at radius 2 is 1.75 bits per heavy atom. The molecule has 0 aliphatic rings. The number of rotatable bonds is 3. The van der Waals surface area contributed by atoms with Crippen LogP contribution >= 0.6 is 0 Å². The molecule has 2 aromatic carbocycles. The van der Waals surface area contributed by atoms with Gasteiger partial charge in [-0.1, -0.05) is 18.2 Å². The molecule has 0 saturated heterocycles. The van der Waals surface area contributed by atoms with Gasteiger partial charge in [0.2, 0.25) is 0 Å². The minimum Gasteiger partial charge on any atom is -0.396 e. The number of anilines is 2. The SMILES string of the molecule is Cc1ccccc1NS(=O)(=O)c1cc(C)c(F)c(N)c1. The summed E-state index contributed by atoms with van der Waals surface area (Å²) in [6.07, 6.45) is 0. The summed E-state index contributed by atoms with van der Waals surface area (Å²) in [5.41, 5.74) is 6.75. The molecular formula is C14H15FN2O2S. The highest BCUT2D eigenvalue weighted by Crippen LogP contribution is 2.24. The molecule has 0 aliphatic carbocycles. The molecule has 0 fully saturated rings. The highest BCUT2D eigenvalue weighted by atomic mass is 32.2. The van der Waals surface area contributed by atoms with E-state index in [0.717, 1.165) is 11.6 Å². The van der Waals surface area contributed by atoms with E-state index in [1.54, 1.807) is 25.1 Å². The van der Waals surface area contributed by atoms with Crippen molar-refractivity contribution in [3.63, 3.8) is 0 Å². The maximum atomic E-state index is 13.4. The highest BCUT2D eigenvalue weighted by molar-refractivity contribution is 7.92. The third kappa shape index (κ3) is 2.75. The number of nitrogens with two attached hydrogens (primary N) is 1. The van der Waals surface area contributed by atoms with Crippen molar-refractivity contribution in [3.05, 3.63) is 53.3 Å². The standard InChI is InChI=1S/C14H15FN2O2S/c1-9-5-3-4-6-13(9)17-20(18,19)11-7-10(2)14(15)12(16)8-11/h3-8,17H,16H2,1-2H3. The molecule has 106 valence electrons. The second-order valence-electron chi connectivity index (χ2n) is 4.56. The summed E-state index contributed by atoms with van der Waals surface area (Å²) < 4.78 is 40.5. The summed E-state index contributed by atoms with van der Waals surface area (Å²) in [5, 5.41) is 0. The van der Waals surface area contributed by atoms with E-state index < -0.39 is 15.8 Å². The first-order valence-electron chi connectivity index (χ1n) is 5.95. The molecule has 2 aromatic rings. The van der Waals surface area contributed by atoms with E-state index in [0.29, 0.717) is 5.69 Å². The van der Waals surface area contributed by atoms with Gasteiger partial charge in [0, 0.05) is 0 Å². The van der Waals surface area contributed by atoms with Crippen LogP contribution in [-0.4, -0.2) is 8.42 Å². The Labute approximate surface area is 117 Å². The van der Waals surface area contributed by atoms with Gasteiger partial charge in [0.1, 0.15) is 5.82 Å². The van der Waals surface area contributed by atoms with E-state index in [1.165, 1.54) is 13.0 Å². The predicted octanol–water partition coefficient (Wildman–Crippen LogP) is 2.83. The average molecular weight is 294 g/mol. The Morgan fingerprint density at radius 3 is 2.35 bits per heavy atom. The van der Waals surface area contributed by atoms with Crippen molar-refractivity contribution in [2.45, 2.75) is 18.7 Å². The van der Waals surface area contributed by atoms with Crippen LogP contribution in [0.5, 0.6) is 0 Å². The molecule has 20 heavy (non-hydrogen) atoms. The van der Waals surface area contributed by atoms with Crippen LogP contribution in [0.1, 0.15) is 11.1 Å². The Kier molecular flexibility index (Phi) is 3.67. The number of halogens is 1. The van der Waals surface area contributed by atoms with E-state index in [9.17, 15) is 12.8 Å². The van der Waals surface area contributed by atoms with Crippen LogP contribution in [-0.2, 0) is 10.0 Å². The highest BCUT2D eigenvalue weighted by Gasteiger charge is 2.18. The first-order chi connectivity index (χ1) is 9.31. The molecule has 6 heteroatoms. The van der Waals surface area contributed by atoms with E-state index in [4.69, 9.17) is 5.73 Å². The van der Waals surface area contributed by atoms with Gasteiger partial charge in [0.25, 0.3) is 10.0 Å². The second-order valence-corrected chi connectivity index (χ2v) is 6.25. The lowest BCUT2D eigenvalue weighted by molar-refractivity contribution is 0.599. The molecule has 4 nitrogen and oxygen atoms in total. The van der Waals surface area contributed by atoms with Crippen LogP contribution in [0.15, 0.2) is 41.3 Å². The van der Waals surface area contributed by atoms with Crippen molar-refractivity contribution < 1.29 is 12.8 Å². The fourth-order valence-corrected chi connectivity index (χ4v) is 3.06. The molecule has 0 aromatic heterocycles. The molecule has 0 bridgehead atoms. The summed E-state index contributed by atoms with van der Waals surface area (Å²) >= 11 is 0. The van der Waals surface area contributed by atoms with Gasteiger partial charge in [-0.2, -0.15) is 0 Å². The Hall–Kier alpha value is -2.08. The quantitative estimate of drug-likeness (QED) is 0.855. The van der Waals surface area contributed by atoms with E-state index in [1.807, 2.05) is 6.07 Å². The lowest BCUT2D eigenvalue weighted by atomic mass is 10.2. The lowest BCUT2D eigenvalue weighted by Crippen LogP contribution is -2.14. The Bertz CT molecular complexity index is 735. The monoisotopic (exact) mass is 294 g/mol. The lowest BCUT2D eigenvalue weighted by Gasteiger charge is -2.12. The van der Waals surface area contributed by atoms with Crippen LogP contribution in [0.4, 0.5) is 15.8 Å². The Morgan fingerprint density at radius 1 is 1.10 bits per heavy atom. The van der Waals surface area contributed by atoms with Crippen LogP contribution in [0.2, 0.25) is 0 Å². The average Bonchev–Trinajstić information content (AvgIpc) is 2.38. The number of nitrogen functional groups attached to an aromatic ring is 1. The number of benzene rings is 2. The molecular weight excluding hydrogens is 279 g/mol. The number of aryl methyl sites for hydroxylation is 2. The van der Waals surface area contributed by atoms with Crippen LogP contribution < -0.4 is 10.5 Å². The summed E-state index contributed by atoms with van der Waals surface area (Å²) in [4.78, 5) is -0.0582. The fraction of sp³-hybridized carbons (Fsp3) is 0.143. The smallest absolute Gasteiger partial charge is 0.261 e. The Balaban J connectivity index is 2.44. The van der Waals surface area contributed by atoms with Crippen molar-refractivity contribution in [1.82, 2.24) is 0 Å². The first kappa shape index (κ1) is 14.3. The zero-order valence-electron chi connectivity index (χ0n) is 11.1. The van der Waals surface area contributed by atoms with Gasteiger partial charge < -0.3 is 5.73 Å². The largest absolute Gasteiger partial charge is 0.396 e. The van der Waals surface area contributed by atoms with Crippen LogP contribution in [0.3, 0.4) is 0 Å². The molecule has 2 rings (SSSR count). The number of para-hydroxylation sites is 1. The van der Waals surface area contributed by atoms with Crippen LogP contribution in [0.25, 0.3) is 0 Å². The number of sulfonamides is 1. The summed E-state index contributed by atoms with van der Waals surface area (Å²) in [6.45, 7) is 3.26. The molecule has 0 aliphatic heterocycles. The molecule has 0 spiro atoms. The number of hydrogen-bond acceptors (Lipinski definition) is 3. The minimum atomic E-state index is -3.79. The molecule has 0 saturated carbocycles. The zero-order chi connectivity index (χ0) is 14.9. The summed E-state index contributed by atoms with van der Waals surface area (Å²) in [7, 11) is -3.79. The second kappa shape index (κ2) is 5.13. The third-order valence-corrected chi connectivity index (χ3v) is 4.30. The van der Waals surface area contributed by atoms with Gasteiger partial charge in [0.15, 0.2) is 0 Å². The van der Waals surface area contributed by atoms with Crippen LogP contribution in [0, 0.1) is 19.7 Å². The van der Waals surface area contributed by atoms with Crippen molar-refractivity contribution in [2.24, 2.45) is 0 Å². The third-order valence-electron chi connectivity index (χ3n) is 2.96. The molecule has 0 unspecified atom stereocenters. The molecule has 0 radical (unpaired) electrons. The topological polar surface area (TPSA) is 72.2 Å². The van der Waals surface area contributed by atoms with E-state index >= 15 is 0 Å².